The number of nitrogens with one attached hydrogen (secondary N) is 1. The lowest BCUT2D eigenvalue weighted by Gasteiger charge is -2.26. The Morgan fingerprint density at radius 1 is 1.05 bits per heavy atom. The first-order valence-electron chi connectivity index (χ1n) is 7.97. The molecule has 3 nitrogen and oxygen atoms in total. The van der Waals surface area contributed by atoms with Crippen LogP contribution >= 0.6 is 0 Å². The Morgan fingerprint density at radius 2 is 1.82 bits per heavy atom. The number of carbonyl (C=O) groups is 1. The maximum Gasteiger partial charge on any atom is 0.251 e. The van der Waals surface area contributed by atoms with Gasteiger partial charge in [0.1, 0.15) is 5.75 Å². The summed E-state index contributed by atoms with van der Waals surface area (Å²) in [7, 11) is 0. The van der Waals surface area contributed by atoms with Gasteiger partial charge in [-0.25, -0.2) is 0 Å². The number of amides is 1. The van der Waals surface area contributed by atoms with Gasteiger partial charge < -0.3 is 10.1 Å². The van der Waals surface area contributed by atoms with Crippen LogP contribution in [0.25, 0.3) is 11.1 Å². The van der Waals surface area contributed by atoms with Crippen LogP contribution in [-0.2, 0) is 6.42 Å². The van der Waals surface area contributed by atoms with E-state index in [4.69, 9.17) is 4.74 Å². The van der Waals surface area contributed by atoms with Gasteiger partial charge in [-0.1, -0.05) is 24.3 Å². The molecule has 0 aromatic heterocycles. The molecular weight excluding hydrogens is 274 g/mol. The molecular formula is C19H19NO2. The van der Waals surface area contributed by atoms with Gasteiger partial charge in [0.05, 0.1) is 6.61 Å². The van der Waals surface area contributed by atoms with Crippen molar-refractivity contribution in [3.05, 3.63) is 53.6 Å². The van der Waals surface area contributed by atoms with Crippen molar-refractivity contribution in [2.45, 2.75) is 31.7 Å². The minimum absolute atomic E-state index is 0.0357. The lowest BCUT2D eigenvalue weighted by molar-refractivity contribution is 0.0917. The lowest BCUT2D eigenvalue weighted by Crippen LogP contribution is -2.39. The zero-order valence-corrected chi connectivity index (χ0v) is 12.5. The zero-order valence-electron chi connectivity index (χ0n) is 12.5. The largest absolute Gasteiger partial charge is 0.493 e. The van der Waals surface area contributed by atoms with Gasteiger partial charge in [-0.3, -0.25) is 4.79 Å². The molecule has 1 aliphatic heterocycles. The van der Waals surface area contributed by atoms with Gasteiger partial charge in [0.2, 0.25) is 0 Å². The molecule has 0 spiro atoms. The molecule has 22 heavy (non-hydrogen) atoms. The molecule has 0 bridgehead atoms. The molecule has 1 N–H and O–H groups in total. The summed E-state index contributed by atoms with van der Waals surface area (Å²) in [5.74, 6) is 1.03. The maximum atomic E-state index is 12.1. The number of ether oxygens (including phenoxy) is 1. The summed E-state index contributed by atoms with van der Waals surface area (Å²) in [5.41, 5.74) is 4.25. The van der Waals surface area contributed by atoms with Crippen molar-refractivity contribution in [1.29, 1.82) is 0 Å². The summed E-state index contributed by atoms with van der Waals surface area (Å²) in [6.45, 7) is 0.777. The monoisotopic (exact) mass is 293 g/mol. The van der Waals surface area contributed by atoms with Crippen LogP contribution in [0.4, 0.5) is 0 Å². The predicted molar refractivity (Wildman–Crippen MR) is 86.2 cm³/mol. The van der Waals surface area contributed by atoms with E-state index in [0.717, 1.165) is 48.3 Å². The van der Waals surface area contributed by atoms with Gasteiger partial charge in [0.15, 0.2) is 0 Å². The summed E-state index contributed by atoms with van der Waals surface area (Å²) >= 11 is 0. The highest BCUT2D eigenvalue weighted by molar-refractivity contribution is 5.95. The first kappa shape index (κ1) is 13.4. The average Bonchev–Trinajstić information content (AvgIpc) is 2.98. The highest BCUT2D eigenvalue weighted by Gasteiger charge is 2.20. The fourth-order valence-corrected chi connectivity index (χ4v) is 2.98. The van der Waals surface area contributed by atoms with Crippen LogP contribution in [0.3, 0.4) is 0 Å². The summed E-state index contributed by atoms with van der Waals surface area (Å²) in [5, 5.41) is 3.07. The Bertz CT molecular complexity index is 702. The second-order valence-corrected chi connectivity index (χ2v) is 6.10. The van der Waals surface area contributed by atoms with Gasteiger partial charge in [-0.05, 0) is 54.2 Å². The van der Waals surface area contributed by atoms with E-state index >= 15 is 0 Å². The van der Waals surface area contributed by atoms with Crippen molar-refractivity contribution >= 4 is 5.91 Å². The minimum Gasteiger partial charge on any atom is -0.493 e. The van der Waals surface area contributed by atoms with Crippen LogP contribution in [0.2, 0.25) is 0 Å². The van der Waals surface area contributed by atoms with Crippen molar-refractivity contribution in [1.82, 2.24) is 5.32 Å². The molecule has 0 saturated heterocycles. The normalized spacial score (nSPS) is 16.5. The highest BCUT2D eigenvalue weighted by atomic mass is 16.5. The Kier molecular flexibility index (Phi) is 3.34. The molecule has 1 saturated carbocycles. The van der Waals surface area contributed by atoms with Gasteiger partial charge in [-0.15, -0.1) is 0 Å². The third-order valence-corrected chi connectivity index (χ3v) is 4.62. The van der Waals surface area contributed by atoms with E-state index in [1.54, 1.807) is 0 Å². The first-order chi connectivity index (χ1) is 10.8. The number of carbonyl (C=O) groups excluding carboxylic acids is 1. The van der Waals surface area contributed by atoms with Gasteiger partial charge in [0, 0.05) is 18.0 Å². The molecule has 0 unspecified atom stereocenters. The molecule has 4 rings (SSSR count). The molecule has 1 heterocycles. The molecule has 2 aliphatic rings. The molecule has 2 aromatic rings. The standard InChI is InChI=1S/C19H19NO2/c21-19(20-17-2-1-3-17)15-7-4-13(5-8-15)16-9-6-14-10-11-22-18(14)12-16/h4-9,12,17H,1-3,10-11H2,(H,20,21). The molecule has 1 aliphatic carbocycles. The molecule has 1 amide bonds. The van der Waals surface area contributed by atoms with Crippen molar-refractivity contribution in [2.24, 2.45) is 0 Å². The fourth-order valence-electron chi connectivity index (χ4n) is 2.98. The van der Waals surface area contributed by atoms with Crippen LogP contribution in [-0.4, -0.2) is 18.6 Å². The second-order valence-electron chi connectivity index (χ2n) is 6.10. The van der Waals surface area contributed by atoms with Crippen LogP contribution < -0.4 is 10.1 Å². The second kappa shape index (κ2) is 5.48. The summed E-state index contributed by atoms with van der Waals surface area (Å²) < 4.78 is 5.62. The van der Waals surface area contributed by atoms with Crippen LogP contribution in [0.5, 0.6) is 5.75 Å². The van der Waals surface area contributed by atoms with E-state index in [1.807, 2.05) is 24.3 Å². The van der Waals surface area contributed by atoms with Crippen molar-refractivity contribution in [3.8, 4) is 16.9 Å². The number of rotatable bonds is 3. The van der Waals surface area contributed by atoms with Gasteiger partial charge >= 0.3 is 0 Å². The Labute approximate surface area is 130 Å². The van der Waals surface area contributed by atoms with E-state index in [9.17, 15) is 4.79 Å². The molecule has 3 heteroatoms. The third-order valence-electron chi connectivity index (χ3n) is 4.62. The topological polar surface area (TPSA) is 38.3 Å². The number of hydrogen-bond donors (Lipinski definition) is 1. The molecule has 112 valence electrons. The van der Waals surface area contributed by atoms with Crippen LogP contribution in [0, 0.1) is 0 Å². The molecule has 2 aromatic carbocycles. The lowest BCUT2D eigenvalue weighted by atomic mass is 9.93. The van der Waals surface area contributed by atoms with Crippen molar-refractivity contribution < 1.29 is 9.53 Å². The van der Waals surface area contributed by atoms with E-state index in [0.29, 0.717) is 6.04 Å². The predicted octanol–water partition coefficient (Wildman–Crippen LogP) is 3.57. The maximum absolute atomic E-state index is 12.1. The molecule has 1 fully saturated rings. The Balaban J connectivity index is 1.52. The summed E-state index contributed by atoms with van der Waals surface area (Å²) in [6.07, 6.45) is 4.44. The van der Waals surface area contributed by atoms with Crippen LogP contribution in [0.1, 0.15) is 35.2 Å². The summed E-state index contributed by atoms with van der Waals surface area (Å²) in [6, 6.07) is 14.5. The van der Waals surface area contributed by atoms with E-state index < -0.39 is 0 Å². The average molecular weight is 293 g/mol. The fraction of sp³-hybridized carbons (Fsp3) is 0.316. The smallest absolute Gasteiger partial charge is 0.251 e. The van der Waals surface area contributed by atoms with Gasteiger partial charge in [0.25, 0.3) is 5.91 Å². The summed E-state index contributed by atoms with van der Waals surface area (Å²) in [4.78, 5) is 12.1. The number of hydrogen-bond acceptors (Lipinski definition) is 2. The highest BCUT2D eigenvalue weighted by Crippen LogP contribution is 2.31. The first-order valence-corrected chi connectivity index (χ1v) is 7.97. The number of benzene rings is 2. The Hall–Kier alpha value is -2.29. The molecule has 0 radical (unpaired) electrons. The van der Waals surface area contributed by atoms with Crippen molar-refractivity contribution in [2.75, 3.05) is 6.61 Å². The quantitative estimate of drug-likeness (QED) is 0.939. The third kappa shape index (κ3) is 2.47. The van der Waals surface area contributed by atoms with Crippen LogP contribution in [0.15, 0.2) is 42.5 Å². The minimum atomic E-state index is 0.0357. The Morgan fingerprint density at radius 3 is 2.55 bits per heavy atom. The number of fused-ring (bicyclic) bond motifs is 1. The van der Waals surface area contributed by atoms with Crippen molar-refractivity contribution in [3.63, 3.8) is 0 Å². The van der Waals surface area contributed by atoms with Gasteiger partial charge in [-0.2, -0.15) is 0 Å². The van der Waals surface area contributed by atoms with E-state index in [-0.39, 0.29) is 5.91 Å². The zero-order chi connectivity index (χ0) is 14.9. The molecule has 0 atom stereocenters. The van der Waals surface area contributed by atoms with E-state index in [1.165, 1.54) is 12.0 Å². The SMILES string of the molecule is O=C(NC1CCC1)c1ccc(-c2ccc3c(c2)OCC3)cc1. The van der Waals surface area contributed by atoms with E-state index in [2.05, 4.69) is 23.5 Å².